The first-order valence-corrected chi connectivity index (χ1v) is 7.06. The van der Waals surface area contributed by atoms with Crippen molar-refractivity contribution in [1.82, 2.24) is 4.98 Å². The van der Waals surface area contributed by atoms with Gasteiger partial charge in [0.1, 0.15) is 0 Å². The van der Waals surface area contributed by atoms with Crippen LogP contribution in [0.1, 0.15) is 43.2 Å². The molecule has 3 nitrogen and oxygen atoms in total. The second kappa shape index (κ2) is 4.59. The number of pyridine rings is 1. The number of rotatable bonds is 0. The number of anilines is 1. The Hall–Kier alpha value is -1.82. The zero-order chi connectivity index (χ0) is 16.3. The van der Waals surface area contributed by atoms with Gasteiger partial charge < -0.3 is 10.8 Å². The summed E-state index contributed by atoms with van der Waals surface area (Å²) in [6, 6.07) is 3.33. The summed E-state index contributed by atoms with van der Waals surface area (Å²) in [6.07, 6.45) is -4.02. The topological polar surface area (TPSA) is 59.1 Å². The Morgan fingerprint density at radius 2 is 2.00 bits per heavy atom. The third-order valence-corrected chi connectivity index (χ3v) is 4.20. The quantitative estimate of drug-likeness (QED) is 0.777. The van der Waals surface area contributed by atoms with E-state index in [1.54, 1.807) is 0 Å². The highest BCUT2D eigenvalue weighted by molar-refractivity contribution is 5.93. The van der Waals surface area contributed by atoms with E-state index >= 15 is 0 Å². The summed E-state index contributed by atoms with van der Waals surface area (Å²) < 4.78 is 38.5. The summed E-state index contributed by atoms with van der Waals surface area (Å²) in [5.74, 6) is 0. The Morgan fingerprint density at radius 1 is 1.32 bits per heavy atom. The zero-order valence-corrected chi connectivity index (χ0v) is 12.3. The minimum Gasteiger partial charge on any atom is -0.398 e. The van der Waals surface area contributed by atoms with Crippen LogP contribution in [0.15, 0.2) is 18.2 Å². The molecule has 6 heteroatoms. The lowest BCUT2D eigenvalue weighted by Crippen LogP contribution is -2.27. The SMILES string of the molecule is CC1(C)Cc2nc3cc(C(F)(F)F)ccc3c(N)c2C(O)C1. The highest BCUT2D eigenvalue weighted by atomic mass is 19.4. The normalized spacial score (nSPS) is 20.9. The van der Waals surface area contributed by atoms with Crippen molar-refractivity contribution in [2.24, 2.45) is 5.41 Å². The van der Waals surface area contributed by atoms with Crippen molar-refractivity contribution in [3.05, 3.63) is 35.0 Å². The number of benzene rings is 1. The van der Waals surface area contributed by atoms with E-state index in [1.165, 1.54) is 6.07 Å². The van der Waals surface area contributed by atoms with E-state index in [-0.39, 0.29) is 10.9 Å². The van der Waals surface area contributed by atoms with E-state index in [0.29, 0.717) is 35.2 Å². The maximum Gasteiger partial charge on any atom is 0.416 e. The average molecular weight is 310 g/mol. The molecular weight excluding hydrogens is 293 g/mol. The third kappa shape index (κ3) is 2.41. The fourth-order valence-electron chi connectivity index (χ4n) is 3.19. The van der Waals surface area contributed by atoms with E-state index in [4.69, 9.17) is 5.73 Å². The van der Waals surface area contributed by atoms with Gasteiger partial charge in [-0.05, 0) is 30.4 Å². The number of alkyl halides is 3. The van der Waals surface area contributed by atoms with Gasteiger partial charge in [0.2, 0.25) is 0 Å². The van der Waals surface area contributed by atoms with Crippen molar-refractivity contribution in [3.63, 3.8) is 0 Å². The van der Waals surface area contributed by atoms with Crippen molar-refractivity contribution in [2.45, 2.75) is 39.0 Å². The lowest BCUT2D eigenvalue weighted by molar-refractivity contribution is -0.137. The van der Waals surface area contributed by atoms with Crippen LogP contribution in [0.2, 0.25) is 0 Å². The maximum atomic E-state index is 12.8. The number of aliphatic hydroxyl groups is 1. The van der Waals surface area contributed by atoms with Gasteiger partial charge in [-0.25, -0.2) is 0 Å². The van der Waals surface area contributed by atoms with Crippen LogP contribution in [0.3, 0.4) is 0 Å². The standard InChI is InChI=1S/C16H17F3N2O/c1-15(2)6-11-13(12(22)7-15)14(20)9-4-3-8(16(17,18)19)5-10(9)21-11/h3-5,12,22H,6-7H2,1-2H3,(H2,20,21). The third-order valence-electron chi connectivity index (χ3n) is 4.20. The van der Waals surface area contributed by atoms with Crippen molar-refractivity contribution in [3.8, 4) is 0 Å². The summed E-state index contributed by atoms with van der Waals surface area (Å²) in [7, 11) is 0. The van der Waals surface area contributed by atoms with Gasteiger partial charge in [-0.15, -0.1) is 0 Å². The molecule has 0 saturated carbocycles. The molecule has 118 valence electrons. The van der Waals surface area contributed by atoms with Gasteiger partial charge in [0.15, 0.2) is 0 Å². The zero-order valence-electron chi connectivity index (χ0n) is 12.3. The predicted molar refractivity (Wildman–Crippen MR) is 78.2 cm³/mol. The van der Waals surface area contributed by atoms with Crippen LogP contribution in [-0.4, -0.2) is 10.1 Å². The molecule has 22 heavy (non-hydrogen) atoms. The maximum absolute atomic E-state index is 12.8. The molecule has 1 atom stereocenters. The largest absolute Gasteiger partial charge is 0.416 e. The second-order valence-corrected chi connectivity index (χ2v) is 6.68. The lowest BCUT2D eigenvalue weighted by Gasteiger charge is -2.35. The summed E-state index contributed by atoms with van der Waals surface area (Å²) in [5.41, 5.74) is 6.88. The molecule has 1 unspecified atom stereocenters. The van der Waals surface area contributed by atoms with Crippen molar-refractivity contribution < 1.29 is 18.3 Å². The highest BCUT2D eigenvalue weighted by Gasteiger charge is 2.35. The van der Waals surface area contributed by atoms with Crippen LogP contribution in [-0.2, 0) is 12.6 Å². The number of aliphatic hydroxyl groups excluding tert-OH is 1. The number of fused-ring (bicyclic) bond motifs is 2. The molecule has 1 heterocycles. The van der Waals surface area contributed by atoms with E-state index < -0.39 is 17.8 Å². The van der Waals surface area contributed by atoms with Gasteiger partial charge in [-0.1, -0.05) is 19.9 Å². The fourth-order valence-corrected chi connectivity index (χ4v) is 3.19. The molecule has 0 spiro atoms. The van der Waals surface area contributed by atoms with E-state index in [9.17, 15) is 18.3 Å². The Labute approximate surface area is 126 Å². The number of hydrogen-bond donors (Lipinski definition) is 2. The lowest BCUT2D eigenvalue weighted by atomic mass is 9.74. The number of halogens is 3. The number of aromatic nitrogens is 1. The first-order chi connectivity index (χ1) is 10.1. The first-order valence-electron chi connectivity index (χ1n) is 7.06. The van der Waals surface area contributed by atoms with Crippen molar-refractivity contribution in [1.29, 1.82) is 0 Å². The molecule has 0 amide bonds. The van der Waals surface area contributed by atoms with Crippen LogP contribution in [0.25, 0.3) is 10.9 Å². The van der Waals surface area contributed by atoms with Gasteiger partial charge >= 0.3 is 6.18 Å². The molecule has 1 aromatic carbocycles. The molecule has 0 saturated heterocycles. The minimum atomic E-state index is -4.42. The second-order valence-electron chi connectivity index (χ2n) is 6.68. The van der Waals surface area contributed by atoms with Crippen LogP contribution in [0.4, 0.5) is 18.9 Å². The number of hydrogen-bond acceptors (Lipinski definition) is 3. The molecule has 1 aliphatic rings. The Kier molecular flexibility index (Phi) is 3.15. The summed E-state index contributed by atoms with van der Waals surface area (Å²) in [5, 5.41) is 10.8. The molecule has 0 bridgehead atoms. The van der Waals surface area contributed by atoms with E-state index in [2.05, 4.69) is 4.98 Å². The smallest absolute Gasteiger partial charge is 0.398 e. The number of nitrogens with zero attached hydrogens (tertiary/aromatic N) is 1. The van der Waals surface area contributed by atoms with Crippen LogP contribution in [0.5, 0.6) is 0 Å². The molecule has 3 N–H and O–H groups in total. The van der Waals surface area contributed by atoms with E-state index in [1.807, 2.05) is 13.8 Å². The molecule has 1 aromatic heterocycles. The average Bonchev–Trinajstić information content (AvgIpc) is 2.34. The Bertz CT molecular complexity index is 753. The molecular formula is C16H17F3N2O. The highest BCUT2D eigenvalue weighted by Crippen LogP contribution is 2.44. The van der Waals surface area contributed by atoms with Crippen LogP contribution in [0, 0.1) is 5.41 Å². The molecule has 0 radical (unpaired) electrons. The number of nitrogen functional groups attached to an aromatic ring is 1. The molecule has 2 aromatic rings. The number of nitrogens with two attached hydrogens (primary N) is 1. The molecule has 0 fully saturated rings. The van der Waals surface area contributed by atoms with Gasteiger partial charge in [-0.3, -0.25) is 4.98 Å². The predicted octanol–water partition coefficient (Wildman–Crippen LogP) is 3.84. The summed E-state index contributed by atoms with van der Waals surface area (Å²) >= 11 is 0. The van der Waals surface area contributed by atoms with E-state index in [0.717, 1.165) is 12.1 Å². The monoisotopic (exact) mass is 310 g/mol. The van der Waals surface area contributed by atoms with Gasteiger partial charge in [0, 0.05) is 22.3 Å². The first kappa shape index (κ1) is 15.1. The van der Waals surface area contributed by atoms with Crippen LogP contribution < -0.4 is 5.73 Å². The Balaban J connectivity index is 2.25. The molecule has 3 rings (SSSR count). The summed E-state index contributed by atoms with van der Waals surface area (Å²) in [6.45, 7) is 3.99. The molecule has 1 aliphatic carbocycles. The molecule has 0 aliphatic heterocycles. The van der Waals surface area contributed by atoms with Gasteiger partial charge in [0.05, 0.1) is 17.2 Å². The minimum absolute atomic E-state index is 0.166. The van der Waals surface area contributed by atoms with Crippen molar-refractivity contribution in [2.75, 3.05) is 5.73 Å². The Morgan fingerprint density at radius 3 is 2.64 bits per heavy atom. The van der Waals surface area contributed by atoms with Gasteiger partial charge in [0.25, 0.3) is 0 Å². The van der Waals surface area contributed by atoms with Crippen LogP contribution >= 0.6 is 0 Å². The van der Waals surface area contributed by atoms with Crippen molar-refractivity contribution >= 4 is 16.6 Å². The fraction of sp³-hybridized carbons (Fsp3) is 0.438. The van der Waals surface area contributed by atoms with Gasteiger partial charge in [-0.2, -0.15) is 13.2 Å². The summed E-state index contributed by atoms with van der Waals surface area (Å²) in [4.78, 5) is 4.36.